The fourth-order valence-corrected chi connectivity index (χ4v) is 4.29. The van der Waals surface area contributed by atoms with Crippen molar-refractivity contribution in [2.45, 2.75) is 17.7 Å². The summed E-state index contributed by atoms with van der Waals surface area (Å²) >= 11 is 0. The summed E-state index contributed by atoms with van der Waals surface area (Å²) in [5.41, 5.74) is 1.24. The molecule has 106 valence electrons. The van der Waals surface area contributed by atoms with Gasteiger partial charge in [0.15, 0.2) is 0 Å². The van der Waals surface area contributed by atoms with Crippen LogP contribution < -0.4 is 0 Å². The summed E-state index contributed by atoms with van der Waals surface area (Å²) in [6.45, 7) is 0. The highest BCUT2D eigenvalue weighted by molar-refractivity contribution is 8.33. The van der Waals surface area contributed by atoms with Gasteiger partial charge in [0.25, 0.3) is 0 Å². The van der Waals surface area contributed by atoms with E-state index in [4.69, 9.17) is 0 Å². The summed E-state index contributed by atoms with van der Waals surface area (Å²) in [5, 5.41) is 0. The van der Waals surface area contributed by atoms with Crippen molar-refractivity contribution in [2.75, 3.05) is 18.3 Å². The molecule has 2 heteroatoms. The molecule has 0 aliphatic rings. The van der Waals surface area contributed by atoms with Crippen LogP contribution in [0.3, 0.4) is 0 Å². The number of hydrogen-bond donors (Lipinski definition) is 0. The predicted octanol–water partition coefficient (Wildman–Crippen LogP) is 4.31. The first kappa shape index (κ1) is 14.9. The van der Waals surface area contributed by atoms with Crippen LogP contribution in [0.25, 0.3) is 0 Å². The summed E-state index contributed by atoms with van der Waals surface area (Å²) < 4.78 is 0. The van der Waals surface area contributed by atoms with E-state index in [-0.39, 0.29) is 0 Å². The third-order valence-corrected chi connectivity index (χ3v) is 6.03. The van der Waals surface area contributed by atoms with Crippen molar-refractivity contribution < 1.29 is 4.79 Å². The average molecular weight is 286 g/mol. The Morgan fingerprint density at radius 3 is 2.05 bits per heavy atom. The van der Waals surface area contributed by atoms with Gasteiger partial charge in [-0.1, -0.05) is 60.7 Å². The Morgan fingerprint density at radius 1 is 0.900 bits per heavy atom. The maximum Gasteiger partial charge on any atom is 0.141 e. The quantitative estimate of drug-likeness (QED) is 0.773. The lowest BCUT2D eigenvalue weighted by molar-refractivity contribution is -0.116. The molecule has 0 spiro atoms. The first-order valence-electron chi connectivity index (χ1n) is 6.90. The highest BCUT2D eigenvalue weighted by Gasteiger charge is 2.18. The van der Waals surface area contributed by atoms with Crippen LogP contribution in [0.15, 0.2) is 65.6 Å². The van der Waals surface area contributed by atoms with Crippen molar-refractivity contribution in [3.8, 4) is 0 Å². The van der Waals surface area contributed by atoms with E-state index in [0.717, 1.165) is 6.42 Å². The minimum Gasteiger partial charge on any atom is -0.299 e. The van der Waals surface area contributed by atoms with E-state index in [1.165, 1.54) is 10.5 Å². The molecule has 0 saturated carbocycles. The number of benzene rings is 2. The fourth-order valence-electron chi connectivity index (χ4n) is 2.28. The zero-order valence-corrected chi connectivity index (χ0v) is 13.0. The van der Waals surface area contributed by atoms with Gasteiger partial charge in [-0.05, 0) is 29.4 Å². The van der Waals surface area contributed by atoms with E-state index in [1.54, 1.807) is 0 Å². The lowest BCUT2D eigenvalue weighted by Crippen LogP contribution is -2.13. The van der Waals surface area contributed by atoms with E-state index >= 15 is 0 Å². The number of carbonyl (C=O) groups excluding carboxylic acids is 1. The van der Waals surface area contributed by atoms with Gasteiger partial charge in [0, 0.05) is 12.2 Å². The van der Waals surface area contributed by atoms with Crippen LogP contribution in [0.4, 0.5) is 0 Å². The molecule has 0 amide bonds. The van der Waals surface area contributed by atoms with Gasteiger partial charge in [0.1, 0.15) is 5.78 Å². The van der Waals surface area contributed by atoms with Gasteiger partial charge >= 0.3 is 0 Å². The van der Waals surface area contributed by atoms with E-state index in [2.05, 4.69) is 48.9 Å². The Kier molecular flexibility index (Phi) is 5.02. The second kappa shape index (κ2) is 6.76. The molecule has 0 aliphatic heterocycles. The third kappa shape index (κ3) is 4.24. The van der Waals surface area contributed by atoms with Crippen LogP contribution in [0.2, 0.25) is 0 Å². The van der Waals surface area contributed by atoms with E-state index in [0.29, 0.717) is 18.0 Å². The molecule has 0 bridgehead atoms. The number of hydrogen-bond acceptors (Lipinski definition) is 1. The maximum absolute atomic E-state index is 12.2. The lowest BCUT2D eigenvalue weighted by atomic mass is 10.1. The average Bonchev–Trinajstić information content (AvgIpc) is 2.47. The van der Waals surface area contributed by atoms with Crippen LogP contribution in [0, 0.1) is 0 Å². The predicted molar refractivity (Wildman–Crippen MR) is 88.8 cm³/mol. The molecule has 2 aromatic rings. The van der Waals surface area contributed by atoms with Gasteiger partial charge in [-0.2, -0.15) is 0 Å². The smallest absolute Gasteiger partial charge is 0.141 e. The number of Topliss-reactive ketones (excluding diaryl/α,β-unsaturated/α-hetero) is 1. The molecule has 0 aromatic heterocycles. The van der Waals surface area contributed by atoms with Crippen molar-refractivity contribution in [3.05, 3.63) is 66.2 Å². The molecule has 0 atom stereocenters. The van der Waals surface area contributed by atoms with Crippen LogP contribution in [0.1, 0.15) is 12.0 Å². The third-order valence-electron chi connectivity index (χ3n) is 3.44. The monoisotopic (exact) mass is 286 g/mol. The van der Waals surface area contributed by atoms with Crippen LogP contribution in [-0.4, -0.2) is 24.0 Å². The molecule has 0 aliphatic carbocycles. The number of carbonyl (C=O) groups is 1. The molecule has 0 N–H and O–H groups in total. The summed E-state index contributed by atoms with van der Waals surface area (Å²) in [5.74, 6) is 1.06. The van der Waals surface area contributed by atoms with E-state index < -0.39 is 10.0 Å². The molecule has 0 radical (unpaired) electrons. The summed E-state index contributed by atoms with van der Waals surface area (Å²) in [6, 6.07) is 20.6. The maximum atomic E-state index is 12.2. The second-order valence-electron chi connectivity index (χ2n) is 5.52. The summed E-state index contributed by atoms with van der Waals surface area (Å²) in [4.78, 5) is 13.5. The molecule has 2 aromatic carbocycles. The van der Waals surface area contributed by atoms with Gasteiger partial charge < -0.3 is 0 Å². The first-order chi connectivity index (χ1) is 9.58. The number of rotatable bonds is 6. The topological polar surface area (TPSA) is 17.1 Å². The molecular weight excluding hydrogens is 264 g/mol. The largest absolute Gasteiger partial charge is 0.299 e. The Hall–Kier alpha value is -1.54. The van der Waals surface area contributed by atoms with Gasteiger partial charge in [-0.15, -0.1) is 0 Å². The van der Waals surface area contributed by atoms with Gasteiger partial charge in [-0.3, -0.25) is 4.79 Å². The molecule has 0 unspecified atom stereocenters. The van der Waals surface area contributed by atoms with Crippen LogP contribution in [-0.2, 0) is 11.2 Å². The zero-order chi connectivity index (χ0) is 14.4. The fraction of sp³-hybridized carbons (Fsp3) is 0.278. The molecular formula is C18H22OS. The Labute approximate surface area is 123 Å². The summed E-state index contributed by atoms with van der Waals surface area (Å²) in [6.07, 6.45) is 5.95. The zero-order valence-electron chi connectivity index (χ0n) is 12.2. The Morgan fingerprint density at radius 2 is 1.45 bits per heavy atom. The van der Waals surface area contributed by atoms with Gasteiger partial charge in [-0.25, -0.2) is 10.0 Å². The van der Waals surface area contributed by atoms with Crippen LogP contribution >= 0.6 is 10.0 Å². The van der Waals surface area contributed by atoms with E-state index in [1.807, 2.05) is 24.3 Å². The van der Waals surface area contributed by atoms with Gasteiger partial charge in [0.05, 0.1) is 0 Å². The van der Waals surface area contributed by atoms with Crippen molar-refractivity contribution >= 4 is 15.8 Å². The van der Waals surface area contributed by atoms with Crippen molar-refractivity contribution in [3.63, 3.8) is 0 Å². The standard InChI is InChI=1S/C18H22OS/c1-20(2,18-11-7-4-8-12-18)15-17(19)14-13-16-9-5-3-6-10-16/h3-12H,13-15H2,1-2H3. The molecule has 2 rings (SSSR count). The van der Waals surface area contributed by atoms with Crippen molar-refractivity contribution in [2.24, 2.45) is 0 Å². The Bertz CT molecular complexity index is 546. The SMILES string of the molecule is CS(C)(CC(=O)CCc1ccccc1)c1ccccc1. The number of aryl methyl sites for hydroxylation is 1. The number of ketones is 1. The second-order valence-corrected chi connectivity index (χ2v) is 9.36. The van der Waals surface area contributed by atoms with Gasteiger partial charge in [0.2, 0.25) is 0 Å². The molecule has 20 heavy (non-hydrogen) atoms. The lowest BCUT2D eigenvalue weighted by Gasteiger charge is -2.30. The van der Waals surface area contributed by atoms with Crippen LogP contribution in [0.5, 0.6) is 0 Å². The summed E-state index contributed by atoms with van der Waals surface area (Å²) in [7, 11) is -1.01. The highest BCUT2D eigenvalue weighted by atomic mass is 32.3. The first-order valence-corrected chi connectivity index (χ1v) is 9.51. The molecule has 0 heterocycles. The molecule has 0 saturated heterocycles. The highest BCUT2D eigenvalue weighted by Crippen LogP contribution is 2.48. The molecule has 0 fully saturated rings. The van der Waals surface area contributed by atoms with E-state index in [9.17, 15) is 4.79 Å². The molecule has 1 nitrogen and oxygen atoms in total. The Balaban J connectivity index is 1.91. The minimum atomic E-state index is -1.01. The van der Waals surface area contributed by atoms with Crippen molar-refractivity contribution in [1.29, 1.82) is 0 Å². The normalized spacial score (nSPS) is 12.1. The van der Waals surface area contributed by atoms with Crippen molar-refractivity contribution in [1.82, 2.24) is 0 Å². The minimum absolute atomic E-state index is 0.373.